The number of hydrogen-bond donors (Lipinski definition) is 0. The Hall–Kier alpha value is -1.77. The Labute approximate surface area is 155 Å². The molecule has 8 heteroatoms. The molecule has 0 N–H and O–H groups in total. The van der Waals surface area contributed by atoms with Crippen LogP contribution < -0.4 is 0 Å². The molecular weight excluding hydrogens is 352 g/mol. The van der Waals surface area contributed by atoms with Gasteiger partial charge in [0.25, 0.3) is 0 Å². The Morgan fingerprint density at radius 2 is 1.73 bits per heavy atom. The molecule has 26 heavy (non-hydrogen) atoms. The summed E-state index contributed by atoms with van der Waals surface area (Å²) in [6, 6.07) is 9.30. The highest BCUT2D eigenvalue weighted by Gasteiger charge is 2.28. The number of benzene rings is 1. The Morgan fingerprint density at radius 3 is 2.31 bits per heavy atom. The highest BCUT2D eigenvalue weighted by atomic mass is 32.2. The summed E-state index contributed by atoms with van der Waals surface area (Å²) in [4.78, 5) is 6.61. The van der Waals surface area contributed by atoms with Gasteiger partial charge in [-0.25, -0.2) is 8.42 Å². The van der Waals surface area contributed by atoms with Gasteiger partial charge in [-0.1, -0.05) is 56.3 Å². The lowest BCUT2D eigenvalue weighted by Gasteiger charge is -2.33. The first-order valence-corrected chi connectivity index (χ1v) is 10.4. The van der Waals surface area contributed by atoms with Gasteiger partial charge < -0.3 is 4.52 Å². The van der Waals surface area contributed by atoms with E-state index in [1.165, 1.54) is 0 Å². The fraction of sp³-hybridized carbons (Fsp3) is 0.556. The van der Waals surface area contributed by atoms with Gasteiger partial charge in [-0.2, -0.15) is 9.29 Å². The fourth-order valence-electron chi connectivity index (χ4n) is 2.86. The molecule has 0 aliphatic carbocycles. The van der Waals surface area contributed by atoms with E-state index in [4.69, 9.17) is 4.52 Å². The van der Waals surface area contributed by atoms with Gasteiger partial charge in [0, 0.05) is 31.6 Å². The van der Waals surface area contributed by atoms with Crippen molar-refractivity contribution in [2.24, 2.45) is 0 Å². The van der Waals surface area contributed by atoms with Crippen LogP contribution in [0.15, 0.2) is 34.9 Å². The van der Waals surface area contributed by atoms with Gasteiger partial charge in [-0.05, 0) is 5.56 Å². The minimum Gasteiger partial charge on any atom is -0.339 e. The number of piperazine rings is 1. The third kappa shape index (κ3) is 4.69. The molecule has 1 aromatic heterocycles. The molecule has 1 aliphatic heterocycles. The maximum atomic E-state index is 12.6. The monoisotopic (exact) mass is 378 g/mol. The second kappa shape index (κ2) is 7.46. The number of rotatable bonds is 5. The van der Waals surface area contributed by atoms with Crippen molar-refractivity contribution in [3.05, 3.63) is 47.6 Å². The SMILES string of the molecule is CC(C)(C)c1nc(CN2CCN(S(=O)(=O)Cc3ccccc3)CC2)no1. The molecule has 1 aromatic carbocycles. The number of nitrogens with zero attached hydrogens (tertiary/aromatic N) is 4. The summed E-state index contributed by atoms with van der Waals surface area (Å²) in [6.45, 7) is 8.95. The first-order chi connectivity index (χ1) is 12.2. The van der Waals surface area contributed by atoms with Crippen LogP contribution in [0.3, 0.4) is 0 Å². The zero-order valence-electron chi connectivity index (χ0n) is 15.6. The highest BCUT2D eigenvalue weighted by Crippen LogP contribution is 2.20. The predicted octanol–water partition coefficient (Wildman–Crippen LogP) is 2.01. The number of sulfonamides is 1. The highest BCUT2D eigenvalue weighted by molar-refractivity contribution is 7.88. The van der Waals surface area contributed by atoms with Crippen LogP contribution in [0.5, 0.6) is 0 Å². The second-order valence-electron chi connectivity index (χ2n) is 7.68. The van der Waals surface area contributed by atoms with Crippen LogP contribution in [0, 0.1) is 0 Å². The Morgan fingerprint density at radius 1 is 1.08 bits per heavy atom. The molecule has 1 saturated heterocycles. The minimum absolute atomic E-state index is 0.0492. The lowest BCUT2D eigenvalue weighted by molar-refractivity contribution is 0.176. The van der Waals surface area contributed by atoms with Crippen molar-refractivity contribution >= 4 is 10.0 Å². The average molecular weight is 378 g/mol. The molecular formula is C18H26N4O3S. The van der Waals surface area contributed by atoms with Crippen LogP contribution in [0.1, 0.15) is 38.0 Å². The molecule has 0 amide bonds. The van der Waals surface area contributed by atoms with Crippen molar-refractivity contribution in [3.63, 3.8) is 0 Å². The van der Waals surface area contributed by atoms with Crippen molar-refractivity contribution in [3.8, 4) is 0 Å². The third-order valence-corrected chi connectivity index (χ3v) is 6.24. The molecule has 0 unspecified atom stereocenters. The van der Waals surface area contributed by atoms with E-state index in [0.717, 1.165) is 5.56 Å². The Balaban J connectivity index is 1.55. The lowest BCUT2D eigenvalue weighted by Crippen LogP contribution is -2.48. The molecule has 1 fully saturated rings. The predicted molar refractivity (Wildman–Crippen MR) is 98.9 cm³/mol. The fourth-order valence-corrected chi connectivity index (χ4v) is 4.38. The standard InChI is InChI=1S/C18H26N4O3S/c1-18(2,3)17-19-16(20-25-17)13-21-9-11-22(12-10-21)26(23,24)14-15-7-5-4-6-8-15/h4-8H,9-14H2,1-3H3. The summed E-state index contributed by atoms with van der Waals surface area (Å²) in [5, 5.41) is 4.04. The van der Waals surface area contributed by atoms with E-state index >= 15 is 0 Å². The molecule has 142 valence electrons. The van der Waals surface area contributed by atoms with Gasteiger partial charge in [-0.3, -0.25) is 4.90 Å². The van der Waals surface area contributed by atoms with Gasteiger partial charge in [0.1, 0.15) is 0 Å². The molecule has 0 bridgehead atoms. The molecule has 0 radical (unpaired) electrons. The van der Waals surface area contributed by atoms with E-state index in [0.29, 0.717) is 44.4 Å². The summed E-state index contributed by atoms with van der Waals surface area (Å²) in [5.74, 6) is 1.32. The Kier molecular flexibility index (Phi) is 5.45. The first-order valence-electron chi connectivity index (χ1n) is 8.81. The van der Waals surface area contributed by atoms with Crippen LogP contribution >= 0.6 is 0 Å². The quantitative estimate of drug-likeness (QED) is 0.792. The largest absolute Gasteiger partial charge is 0.339 e. The first kappa shape index (κ1) is 19.0. The molecule has 0 spiro atoms. The van der Waals surface area contributed by atoms with Gasteiger partial charge in [0.05, 0.1) is 12.3 Å². The normalized spacial score (nSPS) is 17.5. The summed E-state index contributed by atoms with van der Waals surface area (Å²) < 4.78 is 32.1. The lowest BCUT2D eigenvalue weighted by atomic mass is 9.97. The Bertz CT molecular complexity index is 820. The van der Waals surface area contributed by atoms with Crippen molar-refractivity contribution in [2.45, 2.75) is 38.5 Å². The van der Waals surface area contributed by atoms with Crippen LogP contribution in [-0.2, 0) is 27.7 Å². The van der Waals surface area contributed by atoms with E-state index in [-0.39, 0.29) is 11.2 Å². The third-order valence-electron chi connectivity index (χ3n) is 4.39. The maximum absolute atomic E-state index is 12.6. The van der Waals surface area contributed by atoms with Gasteiger partial charge in [-0.15, -0.1) is 0 Å². The molecule has 1 aliphatic rings. The van der Waals surface area contributed by atoms with E-state index in [9.17, 15) is 8.42 Å². The minimum atomic E-state index is -3.29. The van der Waals surface area contributed by atoms with E-state index in [1.54, 1.807) is 4.31 Å². The van der Waals surface area contributed by atoms with E-state index < -0.39 is 10.0 Å². The van der Waals surface area contributed by atoms with Gasteiger partial charge >= 0.3 is 0 Å². The molecule has 2 aromatic rings. The second-order valence-corrected chi connectivity index (χ2v) is 9.65. The van der Waals surface area contributed by atoms with Crippen molar-refractivity contribution in [1.29, 1.82) is 0 Å². The zero-order valence-corrected chi connectivity index (χ0v) is 16.4. The molecule has 0 atom stereocenters. The number of hydrogen-bond acceptors (Lipinski definition) is 6. The summed E-state index contributed by atoms with van der Waals surface area (Å²) in [6.07, 6.45) is 0. The topological polar surface area (TPSA) is 79.5 Å². The maximum Gasteiger partial charge on any atom is 0.232 e. The van der Waals surface area contributed by atoms with Crippen molar-refractivity contribution < 1.29 is 12.9 Å². The molecule has 0 saturated carbocycles. The van der Waals surface area contributed by atoms with Gasteiger partial charge in [0.15, 0.2) is 5.82 Å². The molecule has 7 nitrogen and oxygen atoms in total. The van der Waals surface area contributed by atoms with Crippen LogP contribution in [0.25, 0.3) is 0 Å². The summed E-state index contributed by atoms with van der Waals surface area (Å²) >= 11 is 0. The number of aromatic nitrogens is 2. The van der Waals surface area contributed by atoms with Crippen molar-refractivity contribution in [1.82, 2.24) is 19.3 Å². The van der Waals surface area contributed by atoms with Crippen LogP contribution in [-0.4, -0.2) is 53.9 Å². The van der Waals surface area contributed by atoms with E-state index in [2.05, 4.69) is 15.0 Å². The summed E-state index contributed by atoms with van der Waals surface area (Å²) in [5.41, 5.74) is 0.645. The average Bonchev–Trinajstić information content (AvgIpc) is 3.05. The van der Waals surface area contributed by atoms with Crippen molar-refractivity contribution in [2.75, 3.05) is 26.2 Å². The smallest absolute Gasteiger partial charge is 0.232 e. The van der Waals surface area contributed by atoms with Crippen LogP contribution in [0.4, 0.5) is 0 Å². The van der Waals surface area contributed by atoms with Gasteiger partial charge in [0.2, 0.25) is 15.9 Å². The van der Waals surface area contributed by atoms with Crippen LogP contribution in [0.2, 0.25) is 0 Å². The van der Waals surface area contributed by atoms with E-state index in [1.807, 2.05) is 51.1 Å². The molecule has 3 rings (SSSR count). The zero-order chi connectivity index (χ0) is 18.8. The summed E-state index contributed by atoms with van der Waals surface area (Å²) in [7, 11) is -3.29. The molecule has 2 heterocycles.